The molecule has 2 rings (SSSR count). The number of urea groups is 1. The van der Waals surface area contributed by atoms with Crippen molar-refractivity contribution in [1.29, 1.82) is 0 Å². The van der Waals surface area contributed by atoms with E-state index < -0.39 is 32.8 Å². The molecule has 1 saturated carbocycles. The van der Waals surface area contributed by atoms with Gasteiger partial charge in [-0.1, -0.05) is 0 Å². The summed E-state index contributed by atoms with van der Waals surface area (Å²) in [4.78, 5) is 24.6. The molecule has 0 radical (unpaired) electrons. The molecule has 2 amide bonds. The first kappa shape index (κ1) is 16.4. The fourth-order valence-corrected chi connectivity index (χ4v) is 5.52. The highest BCUT2D eigenvalue weighted by Crippen LogP contribution is 2.35. The zero-order chi connectivity index (χ0) is 15.7. The van der Waals surface area contributed by atoms with Gasteiger partial charge in [-0.05, 0) is 19.3 Å². The molecule has 0 aromatic heterocycles. The molecule has 1 aliphatic carbocycles. The average Bonchev–Trinajstić information content (AvgIpc) is 2.34. The maximum atomic E-state index is 12.4. The van der Waals surface area contributed by atoms with Gasteiger partial charge >= 0.3 is 12.0 Å². The van der Waals surface area contributed by atoms with Crippen LogP contribution in [0.2, 0.25) is 0 Å². The van der Waals surface area contributed by atoms with E-state index in [4.69, 9.17) is 5.11 Å². The lowest BCUT2D eigenvalue weighted by Crippen LogP contribution is -2.61. The van der Waals surface area contributed by atoms with Crippen molar-refractivity contribution < 1.29 is 23.1 Å². The van der Waals surface area contributed by atoms with Crippen molar-refractivity contribution in [2.24, 2.45) is 0 Å². The molecular formula is C12H20N2O5S2. The third kappa shape index (κ3) is 3.82. The Balaban J connectivity index is 2.09. The van der Waals surface area contributed by atoms with E-state index in [0.29, 0.717) is 30.9 Å². The molecule has 120 valence electrons. The number of thioether (sulfide) groups is 1. The van der Waals surface area contributed by atoms with Gasteiger partial charge in [-0.15, -0.1) is 0 Å². The number of nitrogens with one attached hydrogen (secondary N) is 1. The second-order valence-electron chi connectivity index (χ2n) is 5.69. The summed E-state index contributed by atoms with van der Waals surface area (Å²) in [5.41, 5.74) is -0.713. The lowest BCUT2D eigenvalue weighted by molar-refractivity contribution is -0.139. The van der Waals surface area contributed by atoms with E-state index in [2.05, 4.69) is 5.32 Å². The van der Waals surface area contributed by atoms with Crippen LogP contribution in [-0.4, -0.2) is 65.6 Å². The van der Waals surface area contributed by atoms with Gasteiger partial charge in [0.1, 0.15) is 5.37 Å². The van der Waals surface area contributed by atoms with Gasteiger partial charge in [0.25, 0.3) is 0 Å². The highest BCUT2D eigenvalue weighted by Gasteiger charge is 2.43. The third-order valence-corrected chi connectivity index (χ3v) is 6.66. The fourth-order valence-electron chi connectivity index (χ4n) is 2.71. The minimum absolute atomic E-state index is 0.120. The van der Waals surface area contributed by atoms with Gasteiger partial charge in [-0.2, -0.15) is 11.8 Å². The second kappa shape index (κ2) is 6.04. The molecule has 7 nitrogen and oxygen atoms in total. The molecule has 2 N–H and O–H groups in total. The lowest BCUT2D eigenvalue weighted by atomic mass is 9.74. The highest BCUT2D eigenvalue weighted by molar-refractivity contribution is 8.00. The monoisotopic (exact) mass is 336 g/mol. The number of rotatable bonds is 4. The van der Waals surface area contributed by atoms with Gasteiger partial charge in [0.05, 0.1) is 12.0 Å². The van der Waals surface area contributed by atoms with Crippen molar-refractivity contribution in [2.45, 2.75) is 36.6 Å². The number of amides is 2. The predicted octanol–water partition coefficient (Wildman–Crippen LogP) is 0.513. The Bertz CT molecular complexity index is 530. The van der Waals surface area contributed by atoms with Gasteiger partial charge in [-0.3, -0.25) is 4.79 Å². The minimum Gasteiger partial charge on any atom is -0.481 e. The number of aliphatic carboxylic acids is 1. The molecule has 2 aliphatic rings. The van der Waals surface area contributed by atoms with Crippen LogP contribution in [0.3, 0.4) is 0 Å². The number of carbonyl (C=O) groups is 2. The molecule has 1 atom stereocenters. The van der Waals surface area contributed by atoms with Crippen LogP contribution in [0, 0.1) is 0 Å². The van der Waals surface area contributed by atoms with Crippen LogP contribution >= 0.6 is 11.8 Å². The molecule has 1 aliphatic heterocycles. The van der Waals surface area contributed by atoms with E-state index in [0.717, 1.165) is 12.7 Å². The molecule has 0 spiro atoms. The van der Waals surface area contributed by atoms with Crippen molar-refractivity contribution >= 4 is 33.6 Å². The number of hydrogen-bond donors (Lipinski definition) is 2. The Labute approximate surface area is 128 Å². The molecule has 9 heteroatoms. The Kier molecular flexibility index (Phi) is 4.72. The van der Waals surface area contributed by atoms with Crippen molar-refractivity contribution in [3.8, 4) is 0 Å². The maximum Gasteiger partial charge on any atom is 0.318 e. The van der Waals surface area contributed by atoms with Gasteiger partial charge in [-0.25, -0.2) is 13.2 Å². The van der Waals surface area contributed by atoms with Crippen molar-refractivity contribution in [2.75, 3.05) is 24.3 Å². The standard InChI is InChI=1S/C12H20N2O5S2/c1-21(18,19)9-8-20-6-5-14(9)11(17)13-12(3-2-4-12)7-10(15)16/h9H,2-8H2,1H3,(H,13,17)(H,15,16). The van der Waals surface area contributed by atoms with Gasteiger partial charge in [0.2, 0.25) is 0 Å². The molecule has 1 heterocycles. The Morgan fingerprint density at radius 1 is 1.43 bits per heavy atom. The van der Waals surface area contributed by atoms with Crippen LogP contribution < -0.4 is 5.32 Å². The number of nitrogens with zero attached hydrogens (tertiary/aromatic N) is 1. The van der Waals surface area contributed by atoms with Crippen LogP contribution in [0.5, 0.6) is 0 Å². The van der Waals surface area contributed by atoms with Crippen molar-refractivity contribution in [1.82, 2.24) is 10.2 Å². The molecule has 0 aromatic carbocycles. The summed E-state index contributed by atoms with van der Waals surface area (Å²) in [7, 11) is -3.36. The summed E-state index contributed by atoms with van der Waals surface area (Å²) in [5, 5.41) is 10.9. The topological polar surface area (TPSA) is 104 Å². The van der Waals surface area contributed by atoms with Crippen LogP contribution in [-0.2, 0) is 14.6 Å². The van der Waals surface area contributed by atoms with Crippen LogP contribution in [0.25, 0.3) is 0 Å². The summed E-state index contributed by atoms with van der Waals surface area (Å²) in [6, 6.07) is -0.466. The predicted molar refractivity (Wildman–Crippen MR) is 80.0 cm³/mol. The molecule has 0 bridgehead atoms. The van der Waals surface area contributed by atoms with Crippen LogP contribution in [0.4, 0.5) is 4.79 Å². The highest BCUT2D eigenvalue weighted by atomic mass is 32.2. The summed E-state index contributed by atoms with van der Waals surface area (Å²) in [5.74, 6) is 0.0904. The van der Waals surface area contributed by atoms with Gasteiger partial charge in [0, 0.05) is 24.3 Å². The quantitative estimate of drug-likeness (QED) is 0.775. The van der Waals surface area contributed by atoms with E-state index >= 15 is 0 Å². The van der Waals surface area contributed by atoms with E-state index in [-0.39, 0.29) is 6.42 Å². The zero-order valence-corrected chi connectivity index (χ0v) is 13.5. The summed E-state index contributed by atoms with van der Waals surface area (Å²) in [6.45, 7) is 0.359. The van der Waals surface area contributed by atoms with Crippen LogP contribution in [0.15, 0.2) is 0 Å². The maximum absolute atomic E-state index is 12.4. The molecular weight excluding hydrogens is 316 g/mol. The SMILES string of the molecule is CS(=O)(=O)C1CSCCN1C(=O)NC1(CC(=O)O)CCC1. The van der Waals surface area contributed by atoms with E-state index in [1.807, 2.05) is 0 Å². The Hall–Kier alpha value is -0.960. The van der Waals surface area contributed by atoms with Gasteiger partial charge in [0.15, 0.2) is 9.84 Å². The van der Waals surface area contributed by atoms with Crippen molar-refractivity contribution in [3.63, 3.8) is 0 Å². The third-order valence-electron chi connectivity index (χ3n) is 4.01. The molecule has 1 unspecified atom stereocenters. The number of carboxylic acid groups (broad SMARTS) is 1. The minimum atomic E-state index is -3.36. The Morgan fingerprint density at radius 2 is 2.10 bits per heavy atom. The molecule has 2 fully saturated rings. The normalized spacial score (nSPS) is 25.0. The smallest absolute Gasteiger partial charge is 0.318 e. The van der Waals surface area contributed by atoms with E-state index in [1.165, 1.54) is 16.7 Å². The van der Waals surface area contributed by atoms with E-state index in [1.54, 1.807) is 0 Å². The van der Waals surface area contributed by atoms with Gasteiger partial charge < -0.3 is 15.3 Å². The summed E-state index contributed by atoms with van der Waals surface area (Å²) < 4.78 is 23.6. The largest absolute Gasteiger partial charge is 0.481 e. The average molecular weight is 336 g/mol. The summed E-state index contributed by atoms with van der Waals surface area (Å²) in [6.07, 6.45) is 3.12. The first-order valence-corrected chi connectivity index (χ1v) is 9.92. The number of carboxylic acids is 1. The van der Waals surface area contributed by atoms with E-state index in [9.17, 15) is 18.0 Å². The first-order valence-electron chi connectivity index (χ1n) is 6.81. The summed E-state index contributed by atoms with van der Waals surface area (Å²) >= 11 is 1.50. The van der Waals surface area contributed by atoms with Crippen molar-refractivity contribution in [3.05, 3.63) is 0 Å². The van der Waals surface area contributed by atoms with Crippen LogP contribution in [0.1, 0.15) is 25.7 Å². The fraction of sp³-hybridized carbons (Fsp3) is 0.833. The second-order valence-corrected chi connectivity index (χ2v) is 9.04. The number of hydrogen-bond acceptors (Lipinski definition) is 5. The molecule has 0 aromatic rings. The molecule has 1 saturated heterocycles. The Morgan fingerprint density at radius 3 is 2.57 bits per heavy atom. The lowest BCUT2D eigenvalue weighted by Gasteiger charge is -2.44. The number of sulfone groups is 1. The first-order chi connectivity index (χ1) is 9.73. The molecule has 21 heavy (non-hydrogen) atoms. The zero-order valence-electron chi connectivity index (χ0n) is 11.9. The number of carbonyl (C=O) groups excluding carboxylic acids is 1.